The fourth-order valence-electron chi connectivity index (χ4n) is 0. The summed E-state index contributed by atoms with van der Waals surface area (Å²) in [6.45, 7) is 0. The van der Waals surface area contributed by atoms with Crippen LogP contribution >= 0.6 is 7.82 Å². The first-order valence-electron chi connectivity index (χ1n) is 0.783. The Morgan fingerprint density at radius 1 is 1.17 bits per heavy atom. The monoisotopic (exact) mass is 330 g/mol. The summed E-state index contributed by atoms with van der Waals surface area (Å²) in [6.07, 6.45) is 0. The SMILES string of the molecule is O=P(O)(O)O.[Th]. The zero-order chi connectivity index (χ0) is 4.50. The number of rotatable bonds is 0. The van der Waals surface area contributed by atoms with E-state index in [9.17, 15) is 0 Å². The Bertz CT molecular complexity index is 53.7. The van der Waals surface area contributed by atoms with Crippen molar-refractivity contribution in [3.8, 4) is 0 Å². The summed E-state index contributed by atoms with van der Waals surface area (Å²) in [6, 6.07) is 0. The molecule has 0 rings (SSSR count). The molecular weight excluding hydrogens is 327 g/mol. The van der Waals surface area contributed by atoms with Crippen LogP contribution in [0.3, 0.4) is 0 Å². The van der Waals surface area contributed by atoms with Crippen molar-refractivity contribution in [2.75, 3.05) is 0 Å². The predicted molar refractivity (Wildman–Crippen MR) is 14.3 cm³/mol. The van der Waals surface area contributed by atoms with E-state index in [-0.39, 0.29) is 39.9 Å². The summed E-state index contributed by atoms with van der Waals surface area (Å²) < 4.78 is 8.88. The van der Waals surface area contributed by atoms with E-state index >= 15 is 0 Å². The van der Waals surface area contributed by atoms with Crippen LogP contribution in [0.4, 0.5) is 0 Å². The molecular formula is H3O4PTh. The molecule has 6 heteroatoms. The van der Waals surface area contributed by atoms with E-state index in [0.717, 1.165) is 0 Å². The van der Waals surface area contributed by atoms with Gasteiger partial charge in [-0.1, -0.05) is 0 Å². The number of hydrogen-bond acceptors (Lipinski definition) is 1. The van der Waals surface area contributed by atoms with Gasteiger partial charge in [0.25, 0.3) is 0 Å². The average molecular weight is 330 g/mol. The van der Waals surface area contributed by atoms with Crippen LogP contribution in [-0.2, 0) is 4.57 Å². The minimum Gasteiger partial charge on any atom is -0.303 e. The standard InChI is InChI=1S/H3O4P.Th/c1-5(2,3)4;/h(H3,1,2,3,4);. The van der Waals surface area contributed by atoms with Crippen LogP contribution in [0.15, 0.2) is 0 Å². The molecule has 0 aromatic rings. The molecule has 0 bridgehead atoms. The molecule has 0 unspecified atom stereocenters. The molecule has 0 aliphatic carbocycles. The third kappa shape index (κ3) is 51.9. The molecule has 36 valence electrons. The molecule has 0 heterocycles. The van der Waals surface area contributed by atoms with Gasteiger partial charge in [0.2, 0.25) is 0 Å². The molecule has 3 N–H and O–H groups in total. The second-order valence-electron chi connectivity index (χ2n) is 0.513. The van der Waals surface area contributed by atoms with E-state index in [1.54, 1.807) is 0 Å². The van der Waals surface area contributed by atoms with Gasteiger partial charge in [0.05, 0.1) is 0 Å². The van der Waals surface area contributed by atoms with Crippen molar-refractivity contribution in [3.05, 3.63) is 0 Å². The maximum absolute atomic E-state index is 8.88. The number of hydrogen-bond donors (Lipinski definition) is 3. The van der Waals surface area contributed by atoms with Crippen LogP contribution in [0.2, 0.25) is 0 Å². The van der Waals surface area contributed by atoms with E-state index in [1.165, 1.54) is 0 Å². The third-order valence-electron chi connectivity index (χ3n) is 0. The van der Waals surface area contributed by atoms with Crippen LogP contribution in [0.5, 0.6) is 0 Å². The minimum absolute atomic E-state index is 0. The van der Waals surface area contributed by atoms with Crippen molar-refractivity contribution < 1.29 is 59.2 Å². The van der Waals surface area contributed by atoms with Crippen LogP contribution in [0.25, 0.3) is 0 Å². The van der Waals surface area contributed by atoms with E-state index in [4.69, 9.17) is 19.2 Å². The predicted octanol–water partition coefficient (Wildman–Crippen LogP) is -0.929. The van der Waals surface area contributed by atoms with E-state index < -0.39 is 7.82 Å². The van der Waals surface area contributed by atoms with E-state index in [0.29, 0.717) is 0 Å². The summed E-state index contributed by atoms with van der Waals surface area (Å²) in [4.78, 5) is 21.6. The second kappa shape index (κ2) is 3.44. The molecule has 0 aliphatic rings. The Labute approximate surface area is 66.5 Å². The van der Waals surface area contributed by atoms with Gasteiger partial charge in [-0.3, -0.25) is 0 Å². The van der Waals surface area contributed by atoms with Crippen LogP contribution in [-0.4, -0.2) is 14.7 Å². The van der Waals surface area contributed by atoms with E-state index in [2.05, 4.69) is 0 Å². The summed E-state index contributed by atoms with van der Waals surface area (Å²) in [7, 11) is -4.64. The van der Waals surface area contributed by atoms with Gasteiger partial charge in [-0.05, 0) is 0 Å². The average Bonchev–Trinajstić information content (AvgIpc) is 0.722. The first kappa shape index (κ1) is 10.4. The second-order valence-corrected chi connectivity index (χ2v) is 1.54. The molecule has 0 fully saturated rings. The molecule has 0 aromatic heterocycles. The largest absolute Gasteiger partial charge is 0.466 e. The zero-order valence-corrected chi connectivity index (χ0v) is 7.70. The molecule has 0 saturated carbocycles. The molecule has 0 saturated heterocycles. The van der Waals surface area contributed by atoms with E-state index in [1.807, 2.05) is 0 Å². The molecule has 0 aliphatic heterocycles. The van der Waals surface area contributed by atoms with Crippen molar-refractivity contribution in [1.29, 1.82) is 0 Å². The molecule has 0 radical (unpaired) electrons. The number of phosphoric acid groups is 1. The molecule has 4 nitrogen and oxygen atoms in total. The van der Waals surface area contributed by atoms with Gasteiger partial charge in [0.1, 0.15) is 0 Å². The van der Waals surface area contributed by atoms with Gasteiger partial charge in [0.15, 0.2) is 0 Å². The van der Waals surface area contributed by atoms with Crippen molar-refractivity contribution in [2.45, 2.75) is 0 Å². The normalized spacial score (nSPS) is 9.83. The van der Waals surface area contributed by atoms with Crippen LogP contribution in [0, 0.1) is 39.9 Å². The van der Waals surface area contributed by atoms with Crippen LogP contribution in [0.1, 0.15) is 0 Å². The van der Waals surface area contributed by atoms with Gasteiger partial charge in [-0.25, -0.2) is 4.57 Å². The molecule has 6 heavy (non-hydrogen) atoms. The van der Waals surface area contributed by atoms with Crippen molar-refractivity contribution in [3.63, 3.8) is 0 Å². The van der Waals surface area contributed by atoms with Gasteiger partial charge in [-0.15, -0.1) is 0 Å². The Morgan fingerprint density at radius 2 is 1.17 bits per heavy atom. The molecule has 0 amide bonds. The maximum atomic E-state index is 8.88. The summed E-state index contributed by atoms with van der Waals surface area (Å²) in [5, 5.41) is 0. The third-order valence-corrected chi connectivity index (χ3v) is 0. The Balaban J connectivity index is 0. The first-order chi connectivity index (χ1) is 2.00. The quantitative estimate of drug-likeness (QED) is 0.502. The molecule has 0 spiro atoms. The fourth-order valence-corrected chi connectivity index (χ4v) is 0. The van der Waals surface area contributed by atoms with Gasteiger partial charge in [-0.2, -0.15) is 0 Å². The summed E-state index contributed by atoms with van der Waals surface area (Å²) in [5.74, 6) is 0. The molecule has 0 atom stereocenters. The summed E-state index contributed by atoms with van der Waals surface area (Å²) >= 11 is 0. The summed E-state index contributed by atoms with van der Waals surface area (Å²) in [5.41, 5.74) is 0. The van der Waals surface area contributed by atoms with Crippen molar-refractivity contribution >= 4 is 7.82 Å². The van der Waals surface area contributed by atoms with Crippen LogP contribution < -0.4 is 0 Å². The van der Waals surface area contributed by atoms with Crippen molar-refractivity contribution in [1.82, 2.24) is 0 Å². The fraction of sp³-hybridized carbons (Fsp3) is 0. The van der Waals surface area contributed by atoms with Gasteiger partial charge >= 0.3 is 7.82 Å². The smallest absolute Gasteiger partial charge is 0.303 e. The molecule has 0 aromatic carbocycles. The Morgan fingerprint density at radius 3 is 1.17 bits per heavy atom. The first-order valence-corrected chi connectivity index (χ1v) is 2.35. The van der Waals surface area contributed by atoms with Gasteiger partial charge < -0.3 is 14.7 Å². The van der Waals surface area contributed by atoms with Crippen molar-refractivity contribution in [2.24, 2.45) is 0 Å². The Hall–Kier alpha value is 1.43. The zero-order valence-electron chi connectivity index (χ0n) is 2.70. The van der Waals surface area contributed by atoms with Gasteiger partial charge in [0, 0.05) is 39.9 Å². The topological polar surface area (TPSA) is 77.8 Å². The maximum Gasteiger partial charge on any atom is 0.466 e. The minimum atomic E-state index is -4.64. The Kier molecular flexibility index (Phi) is 5.97.